The van der Waals surface area contributed by atoms with Crippen LogP contribution in [-0.2, 0) is 4.79 Å². The van der Waals surface area contributed by atoms with Crippen molar-refractivity contribution in [2.75, 3.05) is 6.61 Å². The van der Waals surface area contributed by atoms with E-state index in [-0.39, 0.29) is 12.4 Å². The maximum Gasteiger partial charge on any atom is 0.277 e. The van der Waals surface area contributed by atoms with Gasteiger partial charge in [-0.2, -0.15) is 10.4 Å². The van der Waals surface area contributed by atoms with Crippen molar-refractivity contribution in [3.8, 4) is 17.6 Å². The summed E-state index contributed by atoms with van der Waals surface area (Å²) in [5.74, 6) is 0.200. The molecule has 2 rings (SSSR count). The number of hydrogen-bond donors (Lipinski definition) is 2. The number of aromatic hydroxyl groups is 1. The van der Waals surface area contributed by atoms with Crippen LogP contribution in [0.5, 0.6) is 11.5 Å². The number of rotatable bonds is 5. The number of hydrazone groups is 1. The van der Waals surface area contributed by atoms with Crippen LogP contribution in [0.3, 0.4) is 0 Å². The molecule has 2 N–H and O–H groups in total. The Kier molecular flexibility index (Phi) is 5.10. The number of ether oxygens (including phenoxy) is 1. The predicted molar refractivity (Wildman–Crippen MR) is 80.5 cm³/mol. The lowest BCUT2D eigenvalue weighted by Crippen LogP contribution is -2.24. The van der Waals surface area contributed by atoms with E-state index in [0.29, 0.717) is 16.9 Å². The van der Waals surface area contributed by atoms with Gasteiger partial charge in [-0.3, -0.25) is 4.79 Å². The third-order valence-corrected chi connectivity index (χ3v) is 2.63. The molecule has 110 valence electrons. The van der Waals surface area contributed by atoms with Gasteiger partial charge in [0.1, 0.15) is 11.5 Å². The Morgan fingerprint density at radius 2 is 2.09 bits per heavy atom. The molecule has 2 aromatic rings. The van der Waals surface area contributed by atoms with Crippen LogP contribution in [-0.4, -0.2) is 23.8 Å². The van der Waals surface area contributed by atoms with Crippen molar-refractivity contribution < 1.29 is 14.6 Å². The minimum Gasteiger partial charge on any atom is -0.508 e. The second-order valence-corrected chi connectivity index (χ2v) is 4.31. The quantitative estimate of drug-likeness (QED) is 0.649. The van der Waals surface area contributed by atoms with Crippen LogP contribution < -0.4 is 10.2 Å². The van der Waals surface area contributed by atoms with E-state index in [1.54, 1.807) is 42.5 Å². The van der Waals surface area contributed by atoms with Crippen molar-refractivity contribution in [3.05, 3.63) is 59.7 Å². The van der Waals surface area contributed by atoms with Gasteiger partial charge in [0.05, 0.1) is 17.8 Å². The SMILES string of the molecule is N#Cc1ccc(OCC(=O)NN=Cc2cccc(O)c2)cc1. The van der Waals surface area contributed by atoms with E-state index >= 15 is 0 Å². The highest BCUT2D eigenvalue weighted by molar-refractivity contribution is 5.83. The fraction of sp³-hybridized carbons (Fsp3) is 0.0625. The molecule has 0 radical (unpaired) electrons. The summed E-state index contributed by atoms with van der Waals surface area (Å²) in [6.07, 6.45) is 1.42. The van der Waals surface area contributed by atoms with Crippen LogP contribution in [0.2, 0.25) is 0 Å². The number of benzene rings is 2. The van der Waals surface area contributed by atoms with Crippen LogP contribution in [0.1, 0.15) is 11.1 Å². The Bertz CT molecular complexity index is 718. The van der Waals surface area contributed by atoms with Gasteiger partial charge in [0.25, 0.3) is 5.91 Å². The summed E-state index contributed by atoms with van der Waals surface area (Å²) in [6, 6.07) is 14.9. The summed E-state index contributed by atoms with van der Waals surface area (Å²) in [4.78, 5) is 11.5. The summed E-state index contributed by atoms with van der Waals surface area (Å²) in [7, 11) is 0. The first-order chi connectivity index (χ1) is 10.7. The first kappa shape index (κ1) is 15.1. The molecule has 6 nitrogen and oxygen atoms in total. The second-order valence-electron chi connectivity index (χ2n) is 4.31. The summed E-state index contributed by atoms with van der Waals surface area (Å²) in [5, 5.41) is 21.7. The van der Waals surface area contributed by atoms with Crippen LogP contribution in [0.25, 0.3) is 0 Å². The summed E-state index contributed by atoms with van der Waals surface area (Å²) < 4.78 is 5.25. The molecule has 0 unspecified atom stereocenters. The highest BCUT2D eigenvalue weighted by atomic mass is 16.5. The zero-order valence-electron chi connectivity index (χ0n) is 11.6. The van der Waals surface area contributed by atoms with Crippen LogP contribution in [0, 0.1) is 11.3 Å². The molecule has 0 fully saturated rings. The van der Waals surface area contributed by atoms with Crippen LogP contribution >= 0.6 is 0 Å². The molecule has 0 aliphatic rings. The normalized spacial score (nSPS) is 10.1. The molecule has 0 heterocycles. The monoisotopic (exact) mass is 295 g/mol. The molecule has 0 saturated carbocycles. The summed E-state index contributed by atoms with van der Waals surface area (Å²) in [5.41, 5.74) is 3.50. The van der Waals surface area contributed by atoms with E-state index in [2.05, 4.69) is 10.5 Å². The third-order valence-electron chi connectivity index (χ3n) is 2.63. The molecule has 0 aliphatic carbocycles. The van der Waals surface area contributed by atoms with Gasteiger partial charge >= 0.3 is 0 Å². The van der Waals surface area contributed by atoms with Crippen LogP contribution in [0.4, 0.5) is 0 Å². The van der Waals surface area contributed by atoms with Crippen LogP contribution in [0.15, 0.2) is 53.6 Å². The highest BCUT2D eigenvalue weighted by Gasteiger charge is 2.01. The van der Waals surface area contributed by atoms with Crippen molar-refractivity contribution in [1.82, 2.24) is 5.43 Å². The fourth-order valence-corrected chi connectivity index (χ4v) is 1.59. The minimum absolute atomic E-state index is 0.124. The van der Waals surface area contributed by atoms with Gasteiger partial charge in [-0.05, 0) is 42.0 Å². The van der Waals surface area contributed by atoms with E-state index in [0.717, 1.165) is 0 Å². The zero-order valence-corrected chi connectivity index (χ0v) is 11.6. The summed E-state index contributed by atoms with van der Waals surface area (Å²) >= 11 is 0. The van der Waals surface area contributed by atoms with E-state index in [9.17, 15) is 9.90 Å². The standard InChI is InChI=1S/C16H13N3O3/c17-9-12-4-6-15(7-5-12)22-11-16(21)19-18-10-13-2-1-3-14(20)8-13/h1-8,10,20H,11H2,(H,19,21). The molecular weight excluding hydrogens is 282 g/mol. The number of amides is 1. The number of phenolic OH excluding ortho intramolecular Hbond substituents is 1. The smallest absolute Gasteiger partial charge is 0.277 e. The van der Waals surface area contributed by atoms with E-state index in [1.165, 1.54) is 12.3 Å². The van der Waals surface area contributed by atoms with Crippen molar-refractivity contribution in [1.29, 1.82) is 5.26 Å². The molecule has 2 aromatic carbocycles. The maximum absolute atomic E-state index is 11.5. The minimum atomic E-state index is -0.416. The number of nitrogens with one attached hydrogen (secondary N) is 1. The molecule has 0 spiro atoms. The molecule has 0 saturated heterocycles. The Labute approximate surface area is 127 Å². The summed E-state index contributed by atoms with van der Waals surface area (Å²) in [6.45, 7) is -0.191. The van der Waals surface area contributed by atoms with Gasteiger partial charge in [-0.25, -0.2) is 5.43 Å². The molecule has 0 atom stereocenters. The third kappa shape index (κ3) is 4.65. The van der Waals surface area contributed by atoms with E-state index in [4.69, 9.17) is 10.00 Å². The zero-order chi connectivity index (χ0) is 15.8. The number of hydrogen-bond acceptors (Lipinski definition) is 5. The first-order valence-corrected chi connectivity index (χ1v) is 6.41. The number of carbonyl (C=O) groups is 1. The van der Waals surface area contributed by atoms with Gasteiger partial charge < -0.3 is 9.84 Å². The fourth-order valence-electron chi connectivity index (χ4n) is 1.59. The molecule has 22 heavy (non-hydrogen) atoms. The Balaban J connectivity index is 1.79. The van der Waals surface area contributed by atoms with E-state index < -0.39 is 5.91 Å². The Morgan fingerprint density at radius 3 is 2.77 bits per heavy atom. The van der Waals surface area contributed by atoms with Gasteiger partial charge in [0, 0.05) is 0 Å². The number of nitrogens with zero attached hydrogens (tertiary/aromatic N) is 2. The topological polar surface area (TPSA) is 94.7 Å². The predicted octanol–water partition coefficient (Wildman–Crippen LogP) is 1.79. The lowest BCUT2D eigenvalue weighted by molar-refractivity contribution is -0.123. The molecular formula is C16H13N3O3. The van der Waals surface area contributed by atoms with Crippen molar-refractivity contribution in [2.45, 2.75) is 0 Å². The number of carbonyl (C=O) groups excluding carboxylic acids is 1. The van der Waals surface area contributed by atoms with Gasteiger partial charge in [0.2, 0.25) is 0 Å². The Morgan fingerprint density at radius 1 is 1.32 bits per heavy atom. The first-order valence-electron chi connectivity index (χ1n) is 6.41. The van der Waals surface area contributed by atoms with Gasteiger partial charge in [-0.15, -0.1) is 0 Å². The highest BCUT2D eigenvalue weighted by Crippen LogP contribution is 2.11. The maximum atomic E-state index is 11.5. The van der Waals surface area contributed by atoms with Crippen molar-refractivity contribution >= 4 is 12.1 Å². The molecule has 0 bridgehead atoms. The average Bonchev–Trinajstić information content (AvgIpc) is 2.53. The lowest BCUT2D eigenvalue weighted by atomic mass is 10.2. The van der Waals surface area contributed by atoms with E-state index in [1.807, 2.05) is 6.07 Å². The molecule has 6 heteroatoms. The van der Waals surface area contributed by atoms with Gasteiger partial charge in [-0.1, -0.05) is 12.1 Å². The molecule has 0 aliphatic heterocycles. The Hall–Kier alpha value is -3.33. The lowest BCUT2D eigenvalue weighted by Gasteiger charge is -2.04. The number of phenols is 1. The average molecular weight is 295 g/mol. The second kappa shape index (κ2) is 7.45. The van der Waals surface area contributed by atoms with Crippen molar-refractivity contribution in [2.24, 2.45) is 5.10 Å². The van der Waals surface area contributed by atoms with Crippen molar-refractivity contribution in [3.63, 3.8) is 0 Å². The van der Waals surface area contributed by atoms with Gasteiger partial charge in [0.15, 0.2) is 6.61 Å². The molecule has 0 aromatic heterocycles. The number of nitriles is 1. The largest absolute Gasteiger partial charge is 0.508 e. The molecule has 1 amide bonds.